The van der Waals surface area contributed by atoms with Crippen LogP contribution in [0.3, 0.4) is 0 Å². The largest absolute Gasteiger partial charge is 0.396 e. The Kier molecular flexibility index (Phi) is 5.27. The lowest BCUT2D eigenvalue weighted by molar-refractivity contribution is -0.146. The van der Waals surface area contributed by atoms with Crippen LogP contribution in [-0.2, 0) is 9.59 Å². The van der Waals surface area contributed by atoms with E-state index < -0.39 is 11.8 Å². The number of amides is 2. The van der Waals surface area contributed by atoms with E-state index in [1.165, 1.54) is 0 Å². The van der Waals surface area contributed by atoms with E-state index in [9.17, 15) is 9.59 Å². The Labute approximate surface area is 124 Å². The second kappa shape index (κ2) is 7.17. The maximum absolute atomic E-state index is 12.3. The molecule has 1 aromatic rings. The molecule has 0 radical (unpaired) electrons. The van der Waals surface area contributed by atoms with Crippen LogP contribution in [0.4, 0.5) is 5.82 Å². The van der Waals surface area contributed by atoms with Crippen molar-refractivity contribution in [3.05, 3.63) is 23.9 Å². The first-order chi connectivity index (χ1) is 10.1. The van der Waals surface area contributed by atoms with Crippen LogP contribution in [-0.4, -0.2) is 46.0 Å². The molecule has 0 spiro atoms. The molecule has 1 atom stereocenters. The summed E-state index contributed by atoms with van der Waals surface area (Å²) in [5.41, 5.74) is 0.774. The van der Waals surface area contributed by atoms with Crippen molar-refractivity contribution in [2.24, 2.45) is 0 Å². The Balaban J connectivity index is 2.02. The zero-order chi connectivity index (χ0) is 15.2. The van der Waals surface area contributed by atoms with Crippen molar-refractivity contribution in [1.29, 1.82) is 0 Å². The van der Waals surface area contributed by atoms with Gasteiger partial charge in [-0.1, -0.05) is 6.07 Å². The van der Waals surface area contributed by atoms with Crippen molar-refractivity contribution < 1.29 is 14.7 Å². The molecule has 1 fully saturated rings. The fourth-order valence-electron chi connectivity index (χ4n) is 2.63. The molecule has 2 rings (SSSR count). The Bertz CT molecular complexity index is 517. The number of piperidine rings is 1. The molecule has 1 saturated heterocycles. The van der Waals surface area contributed by atoms with E-state index in [0.717, 1.165) is 25.0 Å². The molecule has 1 aliphatic heterocycles. The van der Waals surface area contributed by atoms with Gasteiger partial charge in [-0.05, 0) is 44.7 Å². The molecule has 1 aromatic heterocycles. The molecular weight excluding hydrogens is 270 g/mol. The Morgan fingerprint density at radius 2 is 2.24 bits per heavy atom. The van der Waals surface area contributed by atoms with Crippen molar-refractivity contribution in [3.8, 4) is 0 Å². The minimum Gasteiger partial charge on any atom is -0.396 e. The van der Waals surface area contributed by atoms with Gasteiger partial charge in [0.2, 0.25) is 0 Å². The molecular formula is C15H21N3O3. The smallest absolute Gasteiger partial charge is 0.315 e. The zero-order valence-electron chi connectivity index (χ0n) is 12.2. The second-order valence-corrected chi connectivity index (χ2v) is 5.28. The molecule has 6 heteroatoms. The highest BCUT2D eigenvalue weighted by atomic mass is 16.3. The number of carbonyl (C=O) groups excluding carboxylic acids is 2. The molecule has 2 N–H and O–H groups in total. The predicted octanol–water partition coefficient (Wildman–Crippen LogP) is 1.09. The average molecular weight is 291 g/mol. The molecule has 0 bridgehead atoms. The van der Waals surface area contributed by atoms with Gasteiger partial charge in [-0.15, -0.1) is 0 Å². The highest BCUT2D eigenvalue weighted by Crippen LogP contribution is 2.20. The number of hydrogen-bond acceptors (Lipinski definition) is 4. The molecule has 21 heavy (non-hydrogen) atoms. The van der Waals surface area contributed by atoms with Gasteiger partial charge in [-0.2, -0.15) is 0 Å². The summed E-state index contributed by atoms with van der Waals surface area (Å²) in [7, 11) is 0. The highest BCUT2D eigenvalue weighted by molar-refractivity contribution is 6.39. The standard InChI is InChI=1S/C15H21N3O3/c1-11-5-4-7-13(16-11)17-14(20)15(21)18-9-3-2-6-12(18)8-10-19/h4-5,7,12,19H,2-3,6,8-10H2,1H3,(H,16,17,20). The summed E-state index contributed by atoms with van der Waals surface area (Å²) in [6.45, 7) is 2.41. The fraction of sp³-hybridized carbons (Fsp3) is 0.533. The van der Waals surface area contributed by atoms with E-state index in [1.54, 1.807) is 17.0 Å². The molecule has 1 aliphatic rings. The van der Waals surface area contributed by atoms with Gasteiger partial charge in [0.05, 0.1) is 0 Å². The quantitative estimate of drug-likeness (QED) is 0.817. The van der Waals surface area contributed by atoms with Crippen molar-refractivity contribution >= 4 is 17.6 Å². The van der Waals surface area contributed by atoms with Crippen molar-refractivity contribution in [2.75, 3.05) is 18.5 Å². The SMILES string of the molecule is Cc1cccc(NC(=O)C(=O)N2CCCCC2CCO)n1. The maximum Gasteiger partial charge on any atom is 0.315 e. The van der Waals surface area contributed by atoms with E-state index in [2.05, 4.69) is 10.3 Å². The van der Waals surface area contributed by atoms with Gasteiger partial charge < -0.3 is 15.3 Å². The number of hydrogen-bond donors (Lipinski definition) is 2. The molecule has 6 nitrogen and oxygen atoms in total. The summed E-state index contributed by atoms with van der Waals surface area (Å²) >= 11 is 0. The number of nitrogens with zero attached hydrogens (tertiary/aromatic N) is 2. The number of aromatic nitrogens is 1. The van der Waals surface area contributed by atoms with Gasteiger partial charge in [-0.25, -0.2) is 4.98 Å². The normalized spacial score (nSPS) is 18.4. The predicted molar refractivity (Wildman–Crippen MR) is 78.7 cm³/mol. The van der Waals surface area contributed by atoms with Crippen LogP contribution < -0.4 is 5.32 Å². The first-order valence-corrected chi connectivity index (χ1v) is 7.28. The molecule has 0 aromatic carbocycles. The topological polar surface area (TPSA) is 82.5 Å². The van der Waals surface area contributed by atoms with E-state index in [1.807, 2.05) is 13.0 Å². The number of aliphatic hydroxyl groups is 1. The Hall–Kier alpha value is -1.95. The van der Waals surface area contributed by atoms with Gasteiger partial charge in [0, 0.05) is 24.9 Å². The Morgan fingerprint density at radius 3 is 2.95 bits per heavy atom. The molecule has 2 amide bonds. The molecule has 0 saturated carbocycles. The van der Waals surface area contributed by atoms with Crippen LogP contribution in [0, 0.1) is 6.92 Å². The number of rotatable bonds is 3. The first-order valence-electron chi connectivity index (χ1n) is 7.28. The molecule has 0 aliphatic carbocycles. The summed E-state index contributed by atoms with van der Waals surface area (Å²) in [6.07, 6.45) is 3.27. The number of likely N-dealkylation sites (tertiary alicyclic amines) is 1. The van der Waals surface area contributed by atoms with Crippen LogP contribution in [0.1, 0.15) is 31.4 Å². The highest BCUT2D eigenvalue weighted by Gasteiger charge is 2.30. The molecule has 2 heterocycles. The fourth-order valence-corrected chi connectivity index (χ4v) is 2.63. The lowest BCUT2D eigenvalue weighted by Gasteiger charge is -2.34. The maximum atomic E-state index is 12.3. The minimum absolute atomic E-state index is 0.0233. The Morgan fingerprint density at radius 1 is 1.43 bits per heavy atom. The third kappa shape index (κ3) is 4.01. The van der Waals surface area contributed by atoms with E-state index in [0.29, 0.717) is 18.8 Å². The number of pyridine rings is 1. The summed E-state index contributed by atoms with van der Waals surface area (Å²) in [4.78, 5) is 30.1. The van der Waals surface area contributed by atoms with Crippen molar-refractivity contribution in [2.45, 2.75) is 38.6 Å². The van der Waals surface area contributed by atoms with Crippen LogP contribution in [0.2, 0.25) is 0 Å². The summed E-state index contributed by atoms with van der Waals surface area (Å²) in [6, 6.07) is 5.20. The van der Waals surface area contributed by atoms with Gasteiger partial charge >= 0.3 is 11.8 Å². The third-order valence-corrected chi connectivity index (χ3v) is 3.67. The van der Waals surface area contributed by atoms with Gasteiger partial charge in [0.15, 0.2) is 0 Å². The van der Waals surface area contributed by atoms with Crippen LogP contribution in [0.5, 0.6) is 0 Å². The summed E-state index contributed by atoms with van der Waals surface area (Å²) in [5.74, 6) is -0.835. The third-order valence-electron chi connectivity index (χ3n) is 3.67. The van der Waals surface area contributed by atoms with Crippen LogP contribution in [0.15, 0.2) is 18.2 Å². The number of anilines is 1. The monoisotopic (exact) mass is 291 g/mol. The van der Waals surface area contributed by atoms with Crippen LogP contribution in [0.25, 0.3) is 0 Å². The van der Waals surface area contributed by atoms with E-state index >= 15 is 0 Å². The van der Waals surface area contributed by atoms with E-state index in [4.69, 9.17) is 5.11 Å². The number of nitrogens with one attached hydrogen (secondary N) is 1. The van der Waals surface area contributed by atoms with E-state index in [-0.39, 0.29) is 12.6 Å². The first kappa shape index (κ1) is 15.4. The number of aliphatic hydroxyl groups excluding tert-OH is 1. The number of carbonyl (C=O) groups is 2. The lowest BCUT2D eigenvalue weighted by Crippen LogP contribution is -2.48. The lowest BCUT2D eigenvalue weighted by atomic mass is 9.99. The van der Waals surface area contributed by atoms with Crippen molar-refractivity contribution in [3.63, 3.8) is 0 Å². The average Bonchev–Trinajstić information content (AvgIpc) is 2.47. The van der Waals surface area contributed by atoms with Gasteiger partial charge in [0.25, 0.3) is 0 Å². The van der Waals surface area contributed by atoms with Crippen molar-refractivity contribution in [1.82, 2.24) is 9.88 Å². The number of aryl methyl sites for hydroxylation is 1. The molecule has 1 unspecified atom stereocenters. The minimum atomic E-state index is -0.669. The molecule has 114 valence electrons. The van der Waals surface area contributed by atoms with Gasteiger partial charge in [0.1, 0.15) is 5.82 Å². The summed E-state index contributed by atoms with van der Waals surface area (Å²) in [5, 5.41) is 11.6. The van der Waals surface area contributed by atoms with Gasteiger partial charge in [-0.3, -0.25) is 9.59 Å². The second-order valence-electron chi connectivity index (χ2n) is 5.28. The zero-order valence-corrected chi connectivity index (χ0v) is 12.2. The summed E-state index contributed by atoms with van der Waals surface area (Å²) < 4.78 is 0. The van der Waals surface area contributed by atoms with Crippen LogP contribution >= 0.6 is 0 Å².